The molecular weight excluding hydrogens is 426 g/mol. The van der Waals surface area contributed by atoms with Crippen molar-refractivity contribution in [3.63, 3.8) is 0 Å². The van der Waals surface area contributed by atoms with Crippen LogP contribution < -0.4 is 5.73 Å². The zero-order valence-electron chi connectivity index (χ0n) is 18.8. The molecule has 0 spiro atoms. The fraction of sp³-hybridized carbons (Fsp3) is 0.192. The lowest BCUT2D eigenvalue weighted by molar-refractivity contribution is 0.276. The molecule has 1 aromatic carbocycles. The lowest BCUT2D eigenvalue weighted by Crippen LogP contribution is -2.11. The molecule has 0 amide bonds. The molecule has 4 heterocycles. The average molecular weight is 452 g/mol. The van der Waals surface area contributed by atoms with E-state index in [1.54, 1.807) is 35.4 Å². The van der Waals surface area contributed by atoms with Crippen molar-refractivity contribution >= 4 is 10.9 Å². The molecule has 0 fully saturated rings. The van der Waals surface area contributed by atoms with E-state index in [-0.39, 0.29) is 12.6 Å². The summed E-state index contributed by atoms with van der Waals surface area (Å²) < 4.78 is 1.76. The average Bonchev–Trinajstić information content (AvgIpc) is 3.33. The highest BCUT2D eigenvalue weighted by Crippen LogP contribution is 2.33. The van der Waals surface area contributed by atoms with Gasteiger partial charge in [-0.2, -0.15) is 5.10 Å². The van der Waals surface area contributed by atoms with Crippen molar-refractivity contribution in [3.05, 3.63) is 84.6 Å². The molecular formula is C26H25N7O. The standard InChI is InChI=1S/C26H25N7O/c1-2-6-21(27)23-9-4-8-22(32-23)17-13-19(26-28-11-5-12-29-26)20-15-30-33(24(20)14-17)25-10-3-7-18(16-34)31-25/h3-5,7-15,21,34H,2,6,16,27H2,1H3. The predicted octanol–water partition coefficient (Wildman–Crippen LogP) is 4.23. The molecule has 0 saturated carbocycles. The third-order valence-corrected chi connectivity index (χ3v) is 5.71. The molecule has 0 bridgehead atoms. The lowest BCUT2D eigenvalue weighted by Gasteiger charge is -2.13. The number of nitrogens with zero attached hydrogens (tertiary/aromatic N) is 6. The minimum Gasteiger partial charge on any atom is -0.390 e. The second kappa shape index (κ2) is 9.46. The number of aliphatic hydroxyl groups is 1. The SMILES string of the molecule is CCCC(N)c1cccc(-c2cc(-c3ncccn3)c3cnn(-c4cccc(CO)n4)c3c2)n1. The van der Waals surface area contributed by atoms with Gasteiger partial charge in [-0.3, -0.25) is 4.98 Å². The van der Waals surface area contributed by atoms with E-state index in [9.17, 15) is 5.11 Å². The number of rotatable bonds is 7. The quantitative estimate of drug-likeness (QED) is 0.380. The summed E-state index contributed by atoms with van der Waals surface area (Å²) in [5.74, 6) is 1.22. The number of aliphatic hydroxyl groups excluding tert-OH is 1. The van der Waals surface area contributed by atoms with Crippen LogP contribution in [0, 0.1) is 0 Å². The second-order valence-corrected chi connectivity index (χ2v) is 8.07. The predicted molar refractivity (Wildman–Crippen MR) is 131 cm³/mol. The summed E-state index contributed by atoms with van der Waals surface area (Å²) in [7, 11) is 0. The van der Waals surface area contributed by atoms with Crippen LogP contribution in [0.1, 0.15) is 37.2 Å². The molecule has 5 rings (SSSR count). The minimum atomic E-state index is -0.143. The fourth-order valence-electron chi connectivity index (χ4n) is 4.03. The summed E-state index contributed by atoms with van der Waals surface area (Å²) in [5.41, 5.74) is 11.2. The van der Waals surface area contributed by atoms with Crippen molar-refractivity contribution in [2.45, 2.75) is 32.4 Å². The van der Waals surface area contributed by atoms with Crippen molar-refractivity contribution in [2.75, 3.05) is 0 Å². The molecule has 8 heteroatoms. The van der Waals surface area contributed by atoms with E-state index in [2.05, 4.69) is 27.0 Å². The molecule has 0 aliphatic carbocycles. The van der Waals surface area contributed by atoms with Crippen LogP contribution >= 0.6 is 0 Å². The van der Waals surface area contributed by atoms with Crippen LogP contribution in [0.4, 0.5) is 0 Å². The van der Waals surface area contributed by atoms with Gasteiger partial charge in [0.25, 0.3) is 0 Å². The normalized spacial score (nSPS) is 12.2. The van der Waals surface area contributed by atoms with Gasteiger partial charge in [0.2, 0.25) is 0 Å². The van der Waals surface area contributed by atoms with Crippen LogP contribution in [0.15, 0.2) is 73.2 Å². The van der Waals surface area contributed by atoms with Gasteiger partial charge in [-0.1, -0.05) is 25.5 Å². The first-order valence-electron chi connectivity index (χ1n) is 11.3. The van der Waals surface area contributed by atoms with Crippen LogP contribution in [-0.2, 0) is 6.61 Å². The van der Waals surface area contributed by atoms with Gasteiger partial charge < -0.3 is 10.8 Å². The van der Waals surface area contributed by atoms with Crippen LogP contribution in [0.5, 0.6) is 0 Å². The fourth-order valence-corrected chi connectivity index (χ4v) is 4.03. The van der Waals surface area contributed by atoms with Gasteiger partial charge in [0.15, 0.2) is 11.6 Å². The van der Waals surface area contributed by atoms with E-state index in [4.69, 9.17) is 10.7 Å². The Morgan fingerprint density at radius 2 is 1.82 bits per heavy atom. The number of hydrogen-bond donors (Lipinski definition) is 2. The zero-order chi connectivity index (χ0) is 23.5. The molecule has 0 radical (unpaired) electrons. The van der Waals surface area contributed by atoms with E-state index in [0.29, 0.717) is 17.3 Å². The number of aromatic nitrogens is 6. The Kier molecular flexibility index (Phi) is 6.07. The summed E-state index contributed by atoms with van der Waals surface area (Å²) in [6.07, 6.45) is 7.10. The Bertz CT molecular complexity index is 1430. The third kappa shape index (κ3) is 4.16. The van der Waals surface area contributed by atoms with E-state index < -0.39 is 0 Å². The Morgan fingerprint density at radius 1 is 1.00 bits per heavy atom. The molecule has 170 valence electrons. The maximum absolute atomic E-state index is 9.54. The third-order valence-electron chi connectivity index (χ3n) is 5.71. The number of pyridine rings is 2. The molecule has 0 saturated heterocycles. The van der Waals surface area contributed by atoms with E-state index >= 15 is 0 Å². The van der Waals surface area contributed by atoms with Crippen LogP contribution in [0.3, 0.4) is 0 Å². The van der Waals surface area contributed by atoms with Crippen LogP contribution in [0.25, 0.3) is 39.4 Å². The maximum atomic E-state index is 9.54. The van der Waals surface area contributed by atoms with Gasteiger partial charge in [0.1, 0.15) is 0 Å². The minimum absolute atomic E-state index is 0.110. The van der Waals surface area contributed by atoms with E-state index in [1.807, 2.05) is 42.5 Å². The van der Waals surface area contributed by atoms with E-state index in [0.717, 1.165) is 46.3 Å². The smallest absolute Gasteiger partial charge is 0.159 e. The molecule has 5 aromatic rings. The summed E-state index contributed by atoms with van der Waals surface area (Å²) in [4.78, 5) is 18.4. The first-order valence-corrected chi connectivity index (χ1v) is 11.3. The molecule has 1 atom stereocenters. The molecule has 0 aliphatic rings. The van der Waals surface area contributed by atoms with E-state index in [1.165, 1.54) is 0 Å². The van der Waals surface area contributed by atoms with Gasteiger partial charge in [-0.15, -0.1) is 0 Å². The van der Waals surface area contributed by atoms with Gasteiger partial charge in [0, 0.05) is 34.9 Å². The number of nitrogens with two attached hydrogens (primary N) is 1. The number of hydrogen-bond acceptors (Lipinski definition) is 7. The lowest BCUT2D eigenvalue weighted by atomic mass is 10.0. The highest BCUT2D eigenvalue weighted by molar-refractivity contribution is 5.97. The summed E-state index contributed by atoms with van der Waals surface area (Å²) in [6, 6.07) is 17.2. The van der Waals surface area contributed by atoms with Gasteiger partial charge in [-0.05, 0) is 48.9 Å². The Balaban J connectivity index is 1.72. The Morgan fingerprint density at radius 3 is 2.62 bits per heavy atom. The summed E-state index contributed by atoms with van der Waals surface area (Å²) in [6.45, 7) is 1.97. The zero-order valence-corrected chi connectivity index (χ0v) is 18.8. The first-order chi connectivity index (χ1) is 16.7. The molecule has 1 unspecified atom stereocenters. The van der Waals surface area contributed by atoms with Crippen molar-refractivity contribution in [1.82, 2.24) is 29.7 Å². The summed E-state index contributed by atoms with van der Waals surface area (Å²) >= 11 is 0. The first kappa shape index (κ1) is 21.8. The molecule has 0 aliphatic heterocycles. The monoisotopic (exact) mass is 451 g/mol. The Labute approximate surface area is 197 Å². The van der Waals surface area contributed by atoms with Crippen molar-refractivity contribution < 1.29 is 5.11 Å². The largest absolute Gasteiger partial charge is 0.390 e. The molecule has 3 N–H and O–H groups in total. The van der Waals surface area contributed by atoms with Gasteiger partial charge in [0.05, 0.1) is 35.4 Å². The molecule has 4 aromatic heterocycles. The second-order valence-electron chi connectivity index (χ2n) is 8.07. The highest BCUT2D eigenvalue weighted by atomic mass is 16.3. The van der Waals surface area contributed by atoms with Crippen molar-refractivity contribution in [3.8, 4) is 28.5 Å². The molecule has 8 nitrogen and oxygen atoms in total. The highest BCUT2D eigenvalue weighted by Gasteiger charge is 2.17. The van der Waals surface area contributed by atoms with Crippen LogP contribution in [-0.4, -0.2) is 34.8 Å². The molecule has 34 heavy (non-hydrogen) atoms. The Hall–Kier alpha value is -4.01. The van der Waals surface area contributed by atoms with Crippen LogP contribution in [0.2, 0.25) is 0 Å². The van der Waals surface area contributed by atoms with Crippen molar-refractivity contribution in [1.29, 1.82) is 0 Å². The number of benzene rings is 1. The maximum Gasteiger partial charge on any atom is 0.159 e. The van der Waals surface area contributed by atoms with Gasteiger partial charge in [-0.25, -0.2) is 19.6 Å². The number of fused-ring (bicyclic) bond motifs is 1. The van der Waals surface area contributed by atoms with Crippen molar-refractivity contribution in [2.24, 2.45) is 5.73 Å². The van der Waals surface area contributed by atoms with Gasteiger partial charge >= 0.3 is 0 Å². The summed E-state index contributed by atoms with van der Waals surface area (Å²) in [5, 5.41) is 15.0. The topological polar surface area (TPSA) is 116 Å².